The summed E-state index contributed by atoms with van der Waals surface area (Å²) in [7, 11) is 0. The predicted octanol–water partition coefficient (Wildman–Crippen LogP) is 4.88. The van der Waals surface area contributed by atoms with Crippen LogP contribution < -0.4 is 10.2 Å². The Morgan fingerprint density at radius 1 is 1.12 bits per heavy atom. The Kier molecular flexibility index (Phi) is 4.91. The van der Waals surface area contributed by atoms with Crippen molar-refractivity contribution >= 4 is 23.0 Å². The standard InChI is InChI=1S/C25H26F2N6O/c1-14-21-16(11-19(28-14)33-9-4-7-25(12-33)8-10-34-13-25)23-22(15(2)31-32-23)30-24(29-21)20-17(26)5-3-6-18(20)27/h3,5-6,11H,4,7-10,12-13H2,1-2H3,(H,29,30)(H,31,32)/t25-/m1/s1. The largest absolute Gasteiger partial charge is 0.381 e. The van der Waals surface area contributed by atoms with Crippen molar-refractivity contribution in [2.75, 3.05) is 36.5 Å². The lowest BCUT2D eigenvalue weighted by Crippen LogP contribution is -2.44. The van der Waals surface area contributed by atoms with E-state index in [0.29, 0.717) is 22.8 Å². The van der Waals surface area contributed by atoms with Crippen LogP contribution in [0.5, 0.6) is 0 Å². The first-order valence-corrected chi connectivity index (χ1v) is 11.6. The van der Waals surface area contributed by atoms with Crippen molar-refractivity contribution in [2.45, 2.75) is 33.1 Å². The van der Waals surface area contributed by atoms with Crippen LogP contribution in [0, 0.1) is 30.9 Å². The quantitative estimate of drug-likeness (QED) is 0.565. The molecule has 0 unspecified atom stereocenters. The smallest absolute Gasteiger partial charge is 0.144 e. The number of H-pyrrole nitrogens is 1. The Morgan fingerprint density at radius 2 is 1.94 bits per heavy atom. The molecule has 1 aromatic carbocycles. The monoisotopic (exact) mass is 464 g/mol. The van der Waals surface area contributed by atoms with Crippen molar-refractivity contribution in [1.29, 1.82) is 0 Å². The number of piperidine rings is 1. The summed E-state index contributed by atoms with van der Waals surface area (Å²) in [6, 6.07) is 5.82. The summed E-state index contributed by atoms with van der Waals surface area (Å²) in [4.78, 5) is 11.9. The second-order valence-electron chi connectivity index (χ2n) is 9.53. The van der Waals surface area contributed by atoms with Crippen LogP contribution in [0.1, 0.15) is 36.2 Å². The molecule has 2 aromatic heterocycles. The second-order valence-corrected chi connectivity index (χ2v) is 9.53. The molecular weight excluding hydrogens is 438 g/mol. The highest BCUT2D eigenvalue weighted by molar-refractivity contribution is 6.14. The minimum atomic E-state index is -0.683. The number of aliphatic imine (C=N–C) groups is 1. The van der Waals surface area contributed by atoms with Gasteiger partial charge in [0.25, 0.3) is 0 Å². The number of halogens is 2. The van der Waals surface area contributed by atoms with Gasteiger partial charge in [-0.25, -0.2) is 18.8 Å². The van der Waals surface area contributed by atoms with Crippen LogP contribution in [0.3, 0.4) is 0 Å². The minimum Gasteiger partial charge on any atom is -0.381 e. The van der Waals surface area contributed by atoms with Crippen LogP contribution in [-0.2, 0) is 4.74 Å². The lowest BCUT2D eigenvalue weighted by molar-refractivity contribution is 0.139. The number of hydrogen-bond donors (Lipinski definition) is 2. The van der Waals surface area contributed by atoms with Crippen LogP contribution in [0.25, 0.3) is 11.3 Å². The number of aromatic amines is 1. The average molecular weight is 465 g/mol. The van der Waals surface area contributed by atoms with Crippen LogP contribution in [0.2, 0.25) is 0 Å². The van der Waals surface area contributed by atoms with E-state index in [0.717, 1.165) is 56.2 Å². The highest BCUT2D eigenvalue weighted by Gasteiger charge is 2.39. The number of anilines is 2. The molecule has 2 saturated heterocycles. The molecule has 34 heavy (non-hydrogen) atoms. The third-order valence-electron chi connectivity index (χ3n) is 7.21. The van der Waals surface area contributed by atoms with E-state index in [1.165, 1.54) is 24.6 Å². The van der Waals surface area contributed by atoms with Gasteiger partial charge in [-0.2, -0.15) is 5.10 Å². The van der Waals surface area contributed by atoms with Gasteiger partial charge in [-0.15, -0.1) is 0 Å². The van der Waals surface area contributed by atoms with Gasteiger partial charge in [0.1, 0.15) is 29.0 Å². The van der Waals surface area contributed by atoms with Gasteiger partial charge in [-0.3, -0.25) is 5.10 Å². The number of hydrogen-bond acceptors (Lipinski definition) is 6. The Labute approximate surface area is 196 Å². The Hall–Kier alpha value is -3.33. The van der Waals surface area contributed by atoms with Crippen molar-refractivity contribution in [3.8, 4) is 11.3 Å². The van der Waals surface area contributed by atoms with Gasteiger partial charge in [0.05, 0.1) is 34.9 Å². The lowest BCUT2D eigenvalue weighted by Gasteiger charge is -2.40. The maximum atomic E-state index is 14.7. The molecule has 1 spiro atoms. The molecule has 9 heteroatoms. The zero-order valence-electron chi connectivity index (χ0n) is 19.2. The molecule has 0 bridgehead atoms. The Balaban J connectivity index is 1.47. The first-order chi connectivity index (χ1) is 16.4. The van der Waals surface area contributed by atoms with Crippen molar-refractivity contribution in [3.63, 3.8) is 0 Å². The summed E-state index contributed by atoms with van der Waals surface area (Å²) in [6.45, 7) is 7.17. The van der Waals surface area contributed by atoms with Gasteiger partial charge in [-0.1, -0.05) is 6.07 Å². The van der Waals surface area contributed by atoms with Crippen molar-refractivity contribution in [3.05, 3.63) is 52.9 Å². The summed E-state index contributed by atoms with van der Waals surface area (Å²) < 4.78 is 35.1. The summed E-state index contributed by atoms with van der Waals surface area (Å²) in [5.74, 6) is -0.394. The zero-order valence-corrected chi connectivity index (χ0v) is 19.2. The molecular formula is C25H26F2N6O. The van der Waals surface area contributed by atoms with Gasteiger partial charge in [0.15, 0.2) is 0 Å². The third kappa shape index (κ3) is 3.37. The van der Waals surface area contributed by atoms with E-state index in [2.05, 4.69) is 25.4 Å². The first-order valence-electron chi connectivity index (χ1n) is 11.6. The van der Waals surface area contributed by atoms with Crippen LogP contribution in [-0.4, -0.2) is 47.3 Å². The molecule has 6 rings (SSSR count). The van der Waals surface area contributed by atoms with Crippen LogP contribution in [0.15, 0.2) is 29.3 Å². The predicted molar refractivity (Wildman–Crippen MR) is 127 cm³/mol. The number of ether oxygens (including phenoxy) is 1. The SMILES string of the molecule is Cc1n[nH]c2c1N=C(c1c(F)cccc1F)Nc1c-2cc(N2CCC[C@@]3(CCOC3)C2)nc1C. The van der Waals surface area contributed by atoms with Crippen molar-refractivity contribution in [1.82, 2.24) is 15.2 Å². The maximum absolute atomic E-state index is 14.7. The molecule has 2 N–H and O–H groups in total. The van der Waals surface area contributed by atoms with Gasteiger partial charge < -0.3 is 15.0 Å². The number of pyridine rings is 1. The Bertz CT molecular complexity index is 1290. The molecule has 5 heterocycles. The molecule has 2 fully saturated rings. The average Bonchev–Trinajstić information content (AvgIpc) is 3.36. The summed E-state index contributed by atoms with van der Waals surface area (Å²) in [5, 5.41) is 10.6. The van der Waals surface area contributed by atoms with Crippen molar-refractivity contribution < 1.29 is 13.5 Å². The Morgan fingerprint density at radius 3 is 2.71 bits per heavy atom. The number of rotatable bonds is 2. The molecule has 176 valence electrons. The molecule has 0 aliphatic carbocycles. The van der Waals surface area contributed by atoms with E-state index in [9.17, 15) is 8.78 Å². The number of amidine groups is 1. The number of nitrogens with one attached hydrogen (secondary N) is 2. The van der Waals surface area contributed by atoms with Gasteiger partial charge >= 0.3 is 0 Å². The van der Waals surface area contributed by atoms with E-state index in [4.69, 9.17) is 9.72 Å². The van der Waals surface area contributed by atoms with E-state index >= 15 is 0 Å². The first kappa shape index (κ1) is 21.2. The second kappa shape index (κ2) is 7.87. The third-order valence-corrected chi connectivity index (χ3v) is 7.21. The van der Waals surface area contributed by atoms with Crippen LogP contribution >= 0.6 is 0 Å². The molecule has 3 aliphatic heterocycles. The zero-order chi connectivity index (χ0) is 23.4. The molecule has 0 saturated carbocycles. The van der Waals surface area contributed by atoms with Crippen molar-refractivity contribution in [2.24, 2.45) is 10.4 Å². The topological polar surface area (TPSA) is 78.4 Å². The molecule has 1 atom stereocenters. The summed E-state index contributed by atoms with van der Waals surface area (Å²) in [6.07, 6.45) is 3.34. The highest BCUT2D eigenvalue weighted by atomic mass is 19.1. The number of fused-ring (bicyclic) bond motifs is 3. The highest BCUT2D eigenvalue weighted by Crippen LogP contribution is 2.43. The fourth-order valence-electron chi connectivity index (χ4n) is 5.40. The van der Waals surface area contributed by atoms with E-state index < -0.39 is 11.6 Å². The maximum Gasteiger partial charge on any atom is 0.144 e. The summed E-state index contributed by atoms with van der Waals surface area (Å²) in [5.41, 5.74) is 4.10. The van der Waals surface area contributed by atoms with E-state index in [1.54, 1.807) is 0 Å². The number of benzene rings is 1. The van der Waals surface area contributed by atoms with Crippen LogP contribution in [0.4, 0.5) is 26.0 Å². The molecule has 0 amide bonds. The molecule has 0 radical (unpaired) electrons. The molecule has 7 nitrogen and oxygen atoms in total. The fraction of sp³-hybridized carbons (Fsp3) is 0.400. The van der Waals surface area contributed by atoms with Gasteiger partial charge in [-0.05, 0) is 51.3 Å². The normalized spacial score (nSPS) is 21.6. The molecule has 3 aromatic rings. The lowest BCUT2D eigenvalue weighted by atomic mass is 9.79. The number of aromatic nitrogens is 3. The number of nitrogens with zero attached hydrogens (tertiary/aromatic N) is 4. The number of aryl methyl sites for hydroxylation is 2. The minimum absolute atomic E-state index is 0.0952. The molecule has 3 aliphatic rings. The van der Waals surface area contributed by atoms with E-state index in [-0.39, 0.29) is 16.8 Å². The van der Waals surface area contributed by atoms with Gasteiger partial charge in [0.2, 0.25) is 0 Å². The van der Waals surface area contributed by atoms with E-state index in [1.807, 2.05) is 19.9 Å². The summed E-state index contributed by atoms with van der Waals surface area (Å²) >= 11 is 0. The van der Waals surface area contributed by atoms with Gasteiger partial charge in [0, 0.05) is 30.7 Å². The fourth-order valence-corrected chi connectivity index (χ4v) is 5.40.